The van der Waals surface area contributed by atoms with Crippen molar-refractivity contribution in [3.63, 3.8) is 0 Å². The Balaban J connectivity index is 1.89. The third-order valence-corrected chi connectivity index (χ3v) is 5.93. The van der Waals surface area contributed by atoms with Crippen LogP contribution >= 0.6 is 0 Å². The molecule has 2 aromatic carbocycles. The lowest BCUT2D eigenvalue weighted by molar-refractivity contribution is -0.130. The molecule has 0 atom stereocenters. The molecule has 6 nitrogen and oxygen atoms in total. The highest BCUT2D eigenvalue weighted by atomic mass is 32.2. The molecule has 2 aromatic rings. The lowest BCUT2D eigenvalue weighted by Crippen LogP contribution is -2.30. The number of amides is 1. The van der Waals surface area contributed by atoms with Crippen LogP contribution in [-0.2, 0) is 27.8 Å². The number of carbonyl (C=O) groups is 1. The minimum atomic E-state index is -3.49. The first-order valence-corrected chi connectivity index (χ1v) is 10.7. The Kier molecular flexibility index (Phi) is 7.60. The molecule has 0 saturated heterocycles. The van der Waals surface area contributed by atoms with Crippen molar-refractivity contribution >= 4 is 15.9 Å². The van der Waals surface area contributed by atoms with Crippen molar-refractivity contribution in [3.05, 3.63) is 59.7 Å². The Labute approximate surface area is 167 Å². The van der Waals surface area contributed by atoms with Crippen molar-refractivity contribution in [1.29, 1.82) is 0 Å². The number of methoxy groups -OCH3 is 1. The predicted molar refractivity (Wildman–Crippen MR) is 110 cm³/mol. The van der Waals surface area contributed by atoms with Crippen LogP contribution in [0.4, 0.5) is 0 Å². The number of rotatable bonds is 9. The number of ether oxygens (including phenoxy) is 1. The summed E-state index contributed by atoms with van der Waals surface area (Å²) >= 11 is 0. The number of hydrogen-bond acceptors (Lipinski definition) is 4. The van der Waals surface area contributed by atoms with Crippen molar-refractivity contribution in [3.8, 4) is 5.75 Å². The van der Waals surface area contributed by atoms with E-state index in [4.69, 9.17) is 4.74 Å². The second kappa shape index (κ2) is 9.71. The van der Waals surface area contributed by atoms with Crippen molar-refractivity contribution < 1.29 is 17.9 Å². The molecule has 0 aliphatic rings. The molecule has 0 bridgehead atoms. The standard InChI is InChI=1S/C21H28N2O4S/c1-16(2)22-28(25,26)20-12-7-17(8-13-20)9-14-21(24)23(3)15-18-5-10-19(27-4)11-6-18/h5-8,10-13,16,22H,9,14-15H2,1-4H3. The number of hydrogen-bond donors (Lipinski definition) is 1. The van der Waals surface area contributed by atoms with Gasteiger partial charge in [0.25, 0.3) is 0 Å². The summed E-state index contributed by atoms with van der Waals surface area (Å²) in [7, 11) is -0.0987. The molecular weight excluding hydrogens is 376 g/mol. The minimum Gasteiger partial charge on any atom is -0.497 e. The predicted octanol–water partition coefficient (Wildman–Crippen LogP) is 2.97. The third-order valence-electron chi connectivity index (χ3n) is 4.26. The summed E-state index contributed by atoms with van der Waals surface area (Å²) in [4.78, 5) is 14.3. The summed E-state index contributed by atoms with van der Waals surface area (Å²) in [6.45, 7) is 4.08. The van der Waals surface area contributed by atoms with E-state index in [1.54, 1.807) is 57.2 Å². The van der Waals surface area contributed by atoms with Gasteiger partial charge in [0.2, 0.25) is 15.9 Å². The molecule has 0 aromatic heterocycles. The summed E-state index contributed by atoms with van der Waals surface area (Å²) < 4.78 is 32.0. The smallest absolute Gasteiger partial charge is 0.240 e. The van der Waals surface area contributed by atoms with Gasteiger partial charge < -0.3 is 9.64 Å². The average Bonchev–Trinajstić information content (AvgIpc) is 2.66. The van der Waals surface area contributed by atoms with Crippen LogP contribution in [0.2, 0.25) is 0 Å². The minimum absolute atomic E-state index is 0.0361. The Bertz CT molecular complexity index is 876. The largest absolute Gasteiger partial charge is 0.497 e. The zero-order valence-electron chi connectivity index (χ0n) is 16.8. The fourth-order valence-electron chi connectivity index (χ4n) is 2.75. The van der Waals surface area contributed by atoms with Gasteiger partial charge in [0.15, 0.2) is 0 Å². The van der Waals surface area contributed by atoms with Crippen LogP contribution in [0.5, 0.6) is 5.75 Å². The van der Waals surface area contributed by atoms with Gasteiger partial charge in [0, 0.05) is 26.1 Å². The topological polar surface area (TPSA) is 75.7 Å². The Hall–Kier alpha value is -2.38. The molecule has 2 rings (SSSR count). The highest BCUT2D eigenvalue weighted by Gasteiger charge is 2.15. The summed E-state index contributed by atoms with van der Waals surface area (Å²) in [6.07, 6.45) is 0.923. The quantitative estimate of drug-likeness (QED) is 0.697. The van der Waals surface area contributed by atoms with Crippen LogP contribution in [0, 0.1) is 0 Å². The number of sulfonamides is 1. The van der Waals surface area contributed by atoms with Gasteiger partial charge in [-0.15, -0.1) is 0 Å². The molecule has 0 radical (unpaired) electrons. The van der Waals surface area contributed by atoms with E-state index < -0.39 is 10.0 Å². The number of benzene rings is 2. The summed E-state index contributed by atoms with van der Waals surface area (Å²) in [5, 5.41) is 0. The monoisotopic (exact) mass is 404 g/mol. The van der Waals surface area contributed by atoms with E-state index in [-0.39, 0.29) is 16.8 Å². The number of aryl methyl sites for hydroxylation is 1. The van der Waals surface area contributed by atoms with E-state index in [2.05, 4.69) is 4.72 Å². The Morgan fingerprint density at radius 1 is 1.04 bits per heavy atom. The molecule has 1 N–H and O–H groups in total. The zero-order chi connectivity index (χ0) is 20.7. The first-order valence-electron chi connectivity index (χ1n) is 9.19. The molecule has 28 heavy (non-hydrogen) atoms. The second-order valence-electron chi connectivity index (χ2n) is 7.02. The molecule has 1 amide bonds. The van der Waals surface area contributed by atoms with Gasteiger partial charge in [-0.05, 0) is 55.7 Å². The first-order chi connectivity index (χ1) is 13.2. The average molecular weight is 405 g/mol. The van der Waals surface area contributed by atoms with Crippen molar-refractivity contribution in [2.24, 2.45) is 0 Å². The van der Waals surface area contributed by atoms with E-state index in [0.29, 0.717) is 19.4 Å². The molecule has 0 aliphatic carbocycles. The normalized spacial score (nSPS) is 11.5. The lowest BCUT2D eigenvalue weighted by atomic mass is 10.1. The summed E-state index contributed by atoms with van der Waals surface area (Å²) in [6, 6.07) is 14.1. The van der Waals surface area contributed by atoms with Crippen molar-refractivity contribution in [1.82, 2.24) is 9.62 Å². The maximum Gasteiger partial charge on any atom is 0.240 e. The van der Waals surface area contributed by atoms with E-state index >= 15 is 0 Å². The van der Waals surface area contributed by atoms with E-state index in [1.165, 1.54) is 0 Å². The van der Waals surface area contributed by atoms with Gasteiger partial charge in [-0.25, -0.2) is 13.1 Å². The summed E-state index contributed by atoms with van der Waals surface area (Å²) in [5.74, 6) is 0.820. The van der Waals surface area contributed by atoms with Crippen molar-refractivity contribution in [2.75, 3.05) is 14.2 Å². The second-order valence-corrected chi connectivity index (χ2v) is 8.73. The maximum atomic E-state index is 12.4. The summed E-state index contributed by atoms with van der Waals surface area (Å²) in [5.41, 5.74) is 1.96. The van der Waals surface area contributed by atoms with Gasteiger partial charge in [-0.1, -0.05) is 24.3 Å². The van der Waals surface area contributed by atoms with E-state index in [9.17, 15) is 13.2 Å². The van der Waals surface area contributed by atoms with Crippen LogP contribution in [0.1, 0.15) is 31.4 Å². The molecule has 0 fully saturated rings. The lowest BCUT2D eigenvalue weighted by Gasteiger charge is -2.17. The molecule has 7 heteroatoms. The first kappa shape index (κ1) is 21.9. The van der Waals surface area contributed by atoms with Crippen LogP contribution in [0.3, 0.4) is 0 Å². The highest BCUT2D eigenvalue weighted by Crippen LogP contribution is 2.15. The number of nitrogens with one attached hydrogen (secondary N) is 1. The third kappa shape index (κ3) is 6.35. The number of nitrogens with zero attached hydrogens (tertiary/aromatic N) is 1. The fraction of sp³-hybridized carbons (Fsp3) is 0.381. The fourth-order valence-corrected chi connectivity index (χ4v) is 4.00. The molecule has 0 heterocycles. The number of carbonyl (C=O) groups excluding carboxylic acids is 1. The Morgan fingerprint density at radius 3 is 2.14 bits per heavy atom. The van der Waals surface area contributed by atoms with Crippen LogP contribution in [0.15, 0.2) is 53.4 Å². The maximum absolute atomic E-state index is 12.4. The van der Waals surface area contributed by atoms with E-state index in [0.717, 1.165) is 16.9 Å². The van der Waals surface area contributed by atoms with Gasteiger partial charge in [0.1, 0.15) is 5.75 Å². The van der Waals surface area contributed by atoms with Gasteiger partial charge in [-0.2, -0.15) is 0 Å². The SMILES string of the molecule is COc1ccc(CN(C)C(=O)CCc2ccc(S(=O)(=O)NC(C)C)cc2)cc1. The van der Waals surface area contributed by atoms with Gasteiger partial charge in [-0.3, -0.25) is 4.79 Å². The van der Waals surface area contributed by atoms with Crippen LogP contribution in [0.25, 0.3) is 0 Å². The van der Waals surface area contributed by atoms with Crippen LogP contribution < -0.4 is 9.46 Å². The molecule has 0 spiro atoms. The van der Waals surface area contributed by atoms with E-state index in [1.807, 2.05) is 24.3 Å². The van der Waals surface area contributed by atoms with Gasteiger partial charge in [0.05, 0.1) is 12.0 Å². The van der Waals surface area contributed by atoms with Crippen molar-refractivity contribution in [2.45, 2.75) is 44.2 Å². The zero-order valence-corrected chi connectivity index (χ0v) is 17.6. The Morgan fingerprint density at radius 2 is 1.61 bits per heavy atom. The molecule has 0 saturated carbocycles. The molecule has 152 valence electrons. The van der Waals surface area contributed by atoms with Crippen LogP contribution in [-0.4, -0.2) is 39.4 Å². The highest BCUT2D eigenvalue weighted by molar-refractivity contribution is 7.89. The molecule has 0 aliphatic heterocycles. The molecular formula is C21H28N2O4S. The van der Waals surface area contributed by atoms with Gasteiger partial charge >= 0.3 is 0 Å². The molecule has 0 unspecified atom stereocenters.